The summed E-state index contributed by atoms with van der Waals surface area (Å²) in [5, 5.41) is 2.70. The smallest absolute Gasteiger partial charge is 0.261 e. The lowest BCUT2D eigenvalue weighted by Crippen LogP contribution is -2.14. The molecule has 7 heteroatoms. The van der Waals surface area contributed by atoms with Crippen LogP contribution >= 0.6 is 0 Å². The molecular weight excluding hydrogens is 350 g/mol. The van der Waals surface area contributed by atoms with E-state index in [1.165, 1.54) is 12.1 Å². The third-order valence-electron chi connectivity index (χ3n) is 3.61. The minimum Gasteiger partial charge on any atom is -0.307 e. The zero-order chi connectivity index (χ0) is 18.6. The Kier molecular flexibility index (Phi) is 4.99. The fourth-order valence-corrected chi connectivity index (χ4v) is 3.38. The number of aryl methyl sites for hydroxylation is 1. The number of amides is 1. The first-order valence-corrected chi connectivity index (χ1v) is 9.34. The first-order valence-electron chi connectivity index (χ1n) is 7.86. The summed E-state index contributed by atoms with van der Waals surface area (Å²) in [4.78, 5) is 16.5. The van der Waals surface area contributed by atoms with Gasteiger partial charge in [0.05, 0.1) is 4.90 Å². The summed E-state index contributed by atoms with van der Waals surface area (Å²) in [6, 6.07) is 17.9. The van der Waals surface area contributed by atoms with Crippen LogP contribution in [0.4, 0.5) is 11.5 Å². The Morgan fingerprint density at radius 1 is 0.962 bits per heavy atom. The molecule has 0 aliphatic carbocycles. The third-order valence-corrected chi connectivity index (χ3v) is 5.01. The van der Waals surface area contributed by atoms with E-state index in [1.807, 2.05) is 13.0 Å². The lowest BCUT2D eigenvalue weighted by molar-refractivity contribution is 0.102. The van der Waals surface area contributed by atoms with Crippen LogP contribution in [0.25, 0.3) is 0 Å². The molecule has 1 heterocycles. The van der Waals surface area contributed by atoms with Crippen LogP contribution in [-0.4, -0.2) is 19.3 Å². The molecule has 0 aliphatic rings. The van der Waals surface area contributed by atoms with Crippen molar-refractivity contribution >= 4 is 27.4 Å². The highest BCUT2D eigenvalue weighted by atomic mass is 32.2. The van der Waals surface area contributed by atoms with Gasteiger partial charge in [0, 0.05) is 17.4 Å². The molecule has 0 atom stereocenters. The summed E-state index contributed by atoms with van der Waals surface area (Å²) in [7, 11) is -3.66. The highest BCUT2D eigenvalue weighted by molar-refractivity contribution is 7.92. The number of rotatable bonds is 5. The number of anilines is 2. The van der Waals surface area contributed by atoms with Crippen LogP contribution in [0, 0.1) is 6.92 Å². The van der Waals surface area contributed by atoms with E-state index in [9.17, 15) is 13.2 Å². The lowest BCUT2D eigenvalue weighted by atomic mass is 10.2. The topological polar surface area (TPSA) is 88.2 Å². The second kappa shape index (κ2) is 7.37. The van der Waals surface area contributed by atoms with E-state index in [2.05, 4.69) is 15.0 Å². The van der Waals surface area contributed by atoms with Crippen LogP contribution in [0.5, 0.6) is 0 Å². The van der Waals surface area contributed by atoms with Gasteiger partial charge >= 0.3 is 0 Å². The van der Waals surface area contributed by atoms with Gasteiger partial charge in [0.15, 0.2) is 0 Å². The van der Waals surface area contributed by atoms with Crippen LogP contribution in [0.2, 0.25) is 0 Å². The Balaban J connectivity index is 1.71. The number of carbonyl (C=O) groups excluding carboxylic acids is 1. The quantitative estimate of drug-likeness (QED) is 0.723. The second-order valence-corrected chi connectivity index (χ2v) is 7.35. The van der Waals surface area contributed by atoms with Crippen LogP contribution < -0.4 is 10.0 Å². The molecule has 3 rings (SSSR count). The van der Waals surface area contributed by atoms with Gasteiger partial charge in [-0.3, -0.25) is 9.52 Å². The Morgan fingerprint density at radius 2 is 1.65 bits per heavy atom. The van der Waals surface area contributed by atoms with Crippen molar-refractivity contribution in [3.63, 3.8) is 0 Å². The lowest BCUT2D eigenvalue weighted by Gasteiger charge is -2.09. The maximum Gasteiger partial charge on any atom is 0.261 e. The van der Waals surface area contributed by atoms with Crippen molar-refractivity contribution in [1.29, 1.82) is 0 Å². The molecule has 0 saturated heterocycles. The van der Waals surface area contributed by atoms with E-state index >= 15 is 0 Å². The highest BCUT2D eigenvalue weighted by Crippen LogP contribution is 2.17. The summed E-state index contributed by atoms with van der Waals surface area (Å²) in [6.45, 7) is 1.91. The standard InChI is InChI=1S/C19H17N3O3S/c1-14-11-12-20-18(13-14)21-19(23)15-7-9-16(10-8-15)22-26(24,25)17-5-3-2-4-6-17/h2-13,22H,1H3,(H,20,21,23). The van der Waals surface area contributed by atoms with E-state index in [1.54, 1.807) is 54.7 Å². The van der Waals surface area contributed by atoms with Crippen molar-refractivity contribution in [3.8, 4) is 0 Å². The van der Waals surface area contributed by atoms with Gasteiger partial charge in [-0.2, -0.15) is 0 Å². The Labute approximate surface area is 152 Å². The first kappa shape index (κ1) is 17.6. The fourth-order valence-electron chi connectivity index (χ4n) is 2.30. The van der Waals surface area contributed by atoms with E-state index in [-0.39, 0.29) is 10.8 Å². The maximum atomic E-state index is 12.3. The van der Waals surface area contributed by atoms with E-state index in [0.717, 1.165) is 5.56 Å². The van der Waals surface area contributed by atoms with E-state index in [0.29, 0.717) is 17.1 Å². The van der Waals surface area contributed by atoms with E-state index in [4.69, 9.17) is 0 Å². The molecule has 0 unspecified atom stereocenters. The number of pyridine rings is 1. The maximum absolute atomic E-state index is 12.3. The summed E-state index contributed by atoms with van der Waals surface area (Å²) < 4.78 is 27.1. The molecule has 0 fully saturated rings. The Bertz CT molecular complexity index is 1020. The van der Waals surface area contributed by atoms with Gasteiger partial charge in [0.25, 0.3) is 15.9 Å². The fraction of sp³-hybridized carbons (Fsp3) is 0.0526. The molecule has 3 aromatic rings. The molecule has 1 amide bonds. The average molecular weight is 367 g/mol. The van der Waals surface area contributed by atoms with Crippen LogP contribution in [0.1, 0.15) is 15.9 Å². The molecule has 6 nitrogen and oxygen atoms in total. The molecule has 132 valence electrons. The summed E-state index contributed by atoms with van der Waals surface area (Å²) in [6.07, 6.45) is 1.62. The number of carbonyl (C=O) groups is 1. The molecule has 0 saturated carbocycles. The number of nitrogens with one attached hydrogen (secondary N) is 2. The van der Waals surface area contributed by atoms with Crippen molar-refractivity contribution in [2.75, 3.05) is 10.0 Å². The third kappa shape index (κ3) is 4.25. The average Bonchev–Trinajstić information content (AvgIpc) is 2.63. The minimum absolute atomic E-state index is 0.173. The van der Waals surface area contributed by atoms with Gasteiger partial charge in [0.2, 0.25) is 0 Å². The van der Waals surface area contributed by atoms with Crippen molar-refractivity contribution in [1.82, 2.24) is 4.98 Å². The number of hydrogen-bond donors (Lipinski definition) is 2. The van der Waals surface area contributed by atoms with Gasteiger partial charge < -0.3 is 5.32 Å². The summed E-state index contributed by atoms with van der Waals surface area (Å²) in [5.74, 6) is 0.143. The van der Waals surface area contributed by atoms with Crippen molar-refractivity contribution in [2.24, 2.45) is 0 Å². The van der Waals surface area contributed by atoms with Crippen LogP contribution in [-0.2, 0) is 10.0 Å². The summed E-state index contributed by atoms with van der Waals surface area (Å²) in [5.41, 5.74) is 1.76. The molecule has 26 heavy (non-hydrogen) atoms. The second-order valence-electron chi connectivity index (χ2n) is 5.67. The van der Waals surface area contributed by atoms with E-state index < -0.39 is 10.0 Å². The molecule has 0 aliphatic heterocycles. The number of hydrogen-bond acceptors (Lipinski definition) is 4. The monoisotopic (exact) mass is 367 g/mol. The van der Waals surface area contributed by atoms with Gasteiger partial charge in [0.1, 0.15) is 5.82 Å². The largest absolute Gasteiger partial charge is 0.307 e. The summed E-state index contributed by atoms with van der Waals surface area (Å²) >= 11 is 0. The predicted octanol–water partition coefficient (Wildman–Crippen LogP) is 3.44. The SMILES string of the molecule is Cc1ccnc(NC(=O)c2ccc(NS(=O)(=O)c3ccccc3)cc2)c1. The molecule has 1 aromatic heterocycles. The predicted molar refractivity (Wildman–Crippen MR) is 101 cm³/mol. The molecule has 0 bridgehead atoms. The molecular formula is C19H17N3O3S. The number of benzene rings is 2. The van der Waals surface area contributed by atoms with Gasteiger partial charge in [-0.1, -0.05) is 18.2 Å². The van der Waals surface area contributed by atoms with Crippen molar-refractivity contribution < 1.29 is 13.2 Å². The molecule has 2 N–H and O–H groups in total. The molecule has 0 radical (unpaired) electrons. The van der Waals surface area contributed by atoms with Crippen molar-refractivity contribution in [2.45, 2.75) is 11.8 Å². The zero-order valence-electron chi connectivity index (χ0n) is 14.0. The van der Waals surface area contributed by atoms with Crippen molar-refractivity contribution in [3.05, 3.63) is 84.1 Å². The molecule has 2 aromatic carbocycles. The highest BCUT2D eigenvalue weighted by Gasteiger charge is 2.14. The number of aromatic nitrogens is 1. The minimum atomic E-state index is -3.66. The Hall–Kier alpha value is -3.19. The van der Waals surface area contributed by atoms with Gasteiger partial charge in [-0.05, 0) is 61.0 Å². The first-order chi connectivity index (χ1) is 12.4. The number of nitrogens with zero attached hydrogens (tertiary/aromatic N) is 1. The van der Waals surface area contributed by atoms with Gasteiger partial charge in [-0.15, -0.1) is 0 Å². The zero-order valence-corrected chi connectivity index (χ0v) is 14.8. The Morgan fingerprint density at radius 3 is 2.31 bits per heavy atom. The van der Waals surface area contributed by atoms with Gasteiger partial charge in [-0.25, -0.2) is 13.4 Å². The van der Waals surface area contributed by atoms with Crippen LogP contribution in [0.15, 0.2) is 77.8 Å². The molecule has 0 spiro atoms. The normalized spacial score (nSPS) is 11.0. The number of sulfonamides is 1. The van der Waals surface area contributed by atoms with Crippen LogP contribution in [0.3, 0.4) is 0 Å².